The number of fused-ring (bicyclic) bond motifs is 2. The summed E-state index contributed by atoms with van der Waals surface area (Å²) in [6.07, 6.45) is 9.24. The Morgan fingerprint density at radius 3 is 2.71 bits per heavy atom. The SMILES string of the molecule is Cc1ncc(-c2cnc3[nH]nc(-c4nc5c(N6CCCCC6)nccc5[nH]4)c3c2)n1C. The van der Waals surface area contributed by atoms with Gasteiger partial charge in [-0.25, -0.2) is 19.9 Å². The van der Waals surface area contributed by atoms with Crippen molar-refractivity contribution in [2.75, 3.05) is 18.0 Å². The van der Waals surface area contributed by atoms with E-state index in [-0.39, 0.29) is 0 Å². The lowest BCUT2D eigenvalue weighted by atomic mass is 10.1. The second kappa shape index (κ2) is 6.90. The number of aryl methyl sites for hydroxylation is 1. The third kappa shape index (κ3) is 2.88. The minimum Gasteiger partial charge on any atom is -0.355 e. The van der Waals surface area contributed by atoms with Crippen LogP contribution in [-0.2, 0) is 7.05 Å². The molecule has 0 bridgehead atoms. The van der Waals surface area contributed by atoms with Crippen molar-refractivity contribution in [1.29, 1.82) is 0 Å². The van der Waals surface area contributed by atoms with Gasteiger partial charge in [-0.2, -0.15) is 5.10 Å². The van der Waals surface area contributed by atoms with E-state index < -0.39 is 0 Å². The van der Waals surface area contributed by atoms with E-state index in [9.17, 15) is 0 Å². The molecule has 0 saturated carbocycles. The molecular weight excluding hydrogens is 390 g/mol. The van der Waals surface area contributed by atoms with Gasteiger partial charge in [0.15, 0.2) is 17.3 Å². The average Bonchev–Trinajstić information content (AvgIpc) is 3.50. The lowest BCUT2D eigenvalue weighted by Gasteiger charge is -2.27. The molecule has 0 atom stereocenters. The molecule has 1 saturated heterocycles. The van der Waals surface area contributed by atoms with Crippen LogP contribution in [0.5, 0.6) is 0 Å². The maximum atomic E-state index is 4.92. The van der Waals surface area contributed by atoms with E-state index in [2.05, 4.69) is 45.7 Å². The number of hydrogen-bond donors (Lipinski definition) is 2. The highest BCUT2D eigenvalue weighted by Crippen LogP contribution is 2.31. The number of nitrogens with one attached hydrogen (secondary N) is 2. The Labute approximate surface area is 178 Å². The summed E-state index contributed by atoms with van der Waals surface area (Å²) in [5, 5.41) is 8.48. The van der Waals surface area contributed by atoms with E-state index in [4.69, 9.17) is 4.98 Å². The first-order chi connectivity index (χ1) is 15.2. The van der Waals surface area contributed by atoms with Crippen molar-refractivity contribution in [3.05, 3.63) is 36.5 Å². The van der Waals surface area contributed by atoms with Gasteiger partial charge in [-0.15, -0.1) is 0 Å². The van der Waals surface area contributed by atoms with Crippen LogP contribution < -0.4 is 4.90 Å². The minimum absolute atomic E-state index is 0.715. The van der Waals surface area contributed by atoms with Gasteiger partial charge in [0.1, 0.15) is 17.0 Å². The standard InChI is InChI=1S/C22H23N9/c1-13-24-12-17(30(13)2)14-10-15-18(28-29-20(15)25-11-14)21-26-16-6-7-23-22(19(16)27-21)31-8-4-3-5-9-31/h6-7,10-12H,3-5,8-9H2,1-2H3,(H,26,27)(H,25,28,29). The van der Waals surface area contributed by atoms with Crippen LogP contribution in [0.4, 0.5) is 5.82 Å². The first kappa shape index (κ1) is 18.1. The molecule has 0 aromatic carbocycles. The summed E-state index contributed by atoms with van der Waals surface area (Å²) in [4.78, 5) is 24.3. The van der Waals surface area contributed by atoms with Gasteiger partial charge in [-0.1, -0.05) is 0 Å². The average molecular weight is 413 g/mol. The van der Waals surface area contributed by atoms with Crippen LogP contribution in [0.1, 0.15) is 25.1 Å². The monoisotopic (exact) mass is 413 g/mol. The highest BCUT2D eigenvalue weighted by molar-refractivity contribution is 5.95. The molecule has 6 rings (SSSR count). The molecule has 5 aromatic heterocycles. The predicted molar refractivity (Wildman–Crippen MR) is 120 cm³/mol. The Hall–Kier alpha value is -3.75. The molecule has 0 amide bonds. The topological polar surface area (TPSA) is 104 Å². The Morgan fingerprint density at radius 2 is 1.90 bits per heavy atom. The first-order valence-corrected chi connectivity index (χ1v) is 10.6. The van der Waals surface area contributed by atoms with Gasteiger partial charge in [0.05, 0.1) is 22.8 Å². The molecule has 2 N–H and O–H groups in total. The number of pyridine rings is 2. The maximum absolute atomic E-state index is 4.92. The van der Waals surface area contributed by atoms with Crippen molar-refractivity contribution < 1.29 is 0 Å². The zero-order valence-electron chi connectivity index (χ0n) is 17.6. The molecule has 31 heavy (non-hydrogen) atoms. The molecule has 9 heteroatoms. The van der Waals surface area contributed by atoms with Crippen molar-refractivity contribution in [3.63, 3.8) is 0 Å². The fourth-order valence-electron chi connectivity index (χ4n) is 4.36. The van der Waals surface area contributed by atoms with E-state index in [0.29, 0.717) is 5.82 Å². The Bertz CT molecular complexity index is 1400. The van der Waals surface area contributed by atoms with Gasteiger partial charge in [-0.3, -0.25) is 5.10 Å². The lowest BCUT2D eigenvalue weighted by molar-refractivity contribution is 0.574. The van der Waals surface area contributed by atoms with Crippen LogP contribution in [-0.4, -0.2) is 52.8 Å². The zero-order valence-corrected chi connectivity index (χ0v) is 17.6. The van der Waals surface area contributed by atoms with E-state index in [1.807, 2.05) is 38.6 Å². The zero-order chi connectivity index (χ0) is 20.9. The summed E-state index contributed by atoms with van der Waals surface area (Å²) in [6, 6.07) is 4.06. The number of aromatic amines is 2. The van der Waals surface area contributed by atoms with E-state index in [1.165, 1.54) is 19.3 Å². The third-order valence-electron chi connectivity index (χ3n) is 6.19. The molecule has 156 valence electrons. The number of imidazole rings is 2. The van der Waals surface area contributed by atoms with Crippen LogP contribution in [0.25, 0.3) is 44.8 Å². The van der Waals surface area contributed by atoms with Gasteiger partial charge in [0.25, 0.3) is 0 Å². The van der Waals surface area contributed by atoms with Crippen molar-refractivity contribution in [1.82, 2.24) is 39.7 Å². The van der Waals surface area contributed by atoms with Crippen LogP contribution in [0, 0.1) is 6.92 Å². The number of aromatic nitrogens is 8. The number of H-pyrrole nitrogens is 2. The van der Waals surface area contributed by atoms with Gasteiger partial charge >= 0.3 is 0 Å². The fourth-order valence-corrected chi connectivity index (χ4v) is 4.36. The molecule has 5 aromatic rings. The normalized spacial score (nSPS) is 14.7. The van der Waals surface area contributed by atoms with E-state index in [1.54, 1.807) is 0 Å². The van der Waals surface area contributed by atoms with Crippen molar-refractivity contribution >= 4 is 27.9 Å². The summed E-state index contributed by atoms with van der Waals surface area (Å²) in [7, 11) is 2.01. The van der Waals surface area contributed by atoms with Gasteiger partial charge in [-0.05, 0) is 38.3 Å². The first-order valence-electron chi connectivity index (χ1n) is 10.6. The molecule has 0 radical (unpaired) electrons. The van der Waals surface area contributed by atoms with Crippen molar-refractivity contribution in [2.24, 2.45) is 7.05 Å². The summed E-state index contributed by atoms with van der Waals surface area (Å²) >= 11 is 0. The highest BCUT2D eigenvalue weighted by Gasteiger charge is 2.20. The van der Waals surface area contributed by atoms with E-state index >= 15 is 0 Å². The molecule has 1 aliphatic rings. The van der Waals surface area contributed by atoms with Crippen LogP contribution in [0.3, 0.4) is 0 Å². The fraction of sp³-hybridized carbons (Fsp3) is 0.318. The molecule has 0 aliphatic carbocycles. The van der Waals surface area contributed by atoms with Crippen LogP contribution in [0.15, 0.2) is 30.7 Å². The molecule has 0 spiro atoms. The third-order valence-corrected chi connectivity index (χ3v) is 6.19. The number of piperidine rings is 1. The molecular formula is C22H23N9. The Kier molecular flexibility index (Phi) is 4.02. The second-order valence-corrected chi connectivity index (χ2v) is 8.11. The van der Waals surface area contributed by atoms with Crippen molar-refractivity contribution in [2.45, 2.75) is 26.2 Å². The molecule has 9 nitrogen and oxygen atoms in total. The molecule has 1 fully saturated rings. The molecule has 6 heterocycles. The smallest absolute Gasteiger partial charge is 0.159 e. The second-order valence-electron chi connectivity index (χ2n) is 8.11. The number of hydrogen-bond acceptors (Lipinski definition) is 6. The summed E-state index contributed by atoms with van der Waals surface area (Å²) in [6.45, 7) is 4.04. The number of rotatable bonds is 3. The quantitative estimate of drug-likeness (QED) is 0.468. The molecule has 0 unspecified atom stereocenters. The van der Waals surface area contributed by atoms with Gasteiger partial charge in [0, 0.05) is 38.1 Å². The number of nitrogens with zero attached hydrogens (tertiary/aromatic N) is 7. The molecule has 1 aliphatic heterocycles. The van der Waals surface area contributed by atoms with Crippen LogP contribution >= 0.6 is 0 Å². The van der Waals surface area contributed by atoms with Crippen molar-refractivity contribution in [3.8, 4) is 22.8 Å². The summed E-state index contributed by atoms with van der Waals surface area (Å²) < 4.78 is 2.06. The minimum atomic E-state index is 0.715. The Morgan fingerprint density at radius 1 is 1.03 bits per heavy atom. The van der Waals surface area contributed by atoms with Gasteiger partial charge in [0.2, 0.25) is 0 Å². The van der Waals surface area contributed by atoms with Crippen LogP contribution in [0.2, 0.25) is 0 Å². The lowest BCUT2D eigenvalue weighted by Crippen LogP contribution is -2.30. The highest BCUT2D eigenvalue weighted by atomic mass is 15.2. The number of anilines is 1. The maximum Gasteiger partial charge on any atom is 0.159 e. The predicted octanol–water partition coefficient (Wildman–Crippen LogP) is 3.60. The Balaban J connectivity index is 1.47. The summed E-state index contributed by atoms with van der Waals surface area (Å²) in [5.41, 5.74) is 5.34. The van der Waals surface area contributed by atoms with Gasteiger partial charge < -0.3 is 14.5 Å². The summed E-state index contributed by atoms with van der Waals surface area (Å²) in [5.74, 6) is 2.62. The van der Waals surface area contributed by atoms with E-state index in [0.717, 1.165) is 63.7 Å². The largest absolute Gasteiger partial charge is 0.355 e.